The number of aliphatic carboxylic acids is 1. The lowest BCUT2D eigenvalue weighted by Gasteiger charge is -2.42. The van der Waals surface area contributed by atoms with Crippen LogP contribution in [0.25, 0.3) is 22.2 Å². The van der Waals surface area contributed by atoms with Crippen molar-refractivity contribution in [2.45, 2.75) is 52.0 Å². The Morgan fingerprint density at radius 1 is 0.842 bits per heavy atom. The molecule has 4 aliphatic heterocycles. The van der Waals surface area contributed by atoms with Crippen molar-refractivity contribution < 1.29 is 24.3 Å². The van der Waals surface area contributed by atoms with E-state index in [9.17, 15) is 19.2 Å². The standard InChI is InChI=1S/C27H30N4O2S.C16H19N3O3.ClH/c1-18-21-6-4-5-7-22(21)34-23(18)17-31(3)24(32)9-8-19-14-20-15-27(10-12-30(2)13-11-27)26(33)29-25(20)28-16-19;1-19-6-4-16(5-7-19)9-12-8-11(2-3-13(20)21)10-17-14(12)18-15(16)22;/h4-9,14,16H,10-13,15,17H2,1-3H3,(H,28,29,33);2-3,8,10H,4-7,9H2,1H3,(H,20,21)(H,17,18,22);1H/b9-8+;3-2+;. The second-order valence-electron chi connectivity index (χ2n) is 15.8. The molecule has 12 nitrogen and oxygen atoms in total. The number of fused-ring (bicyclic) bond motifs is 3. The van der Waals surface area contributed by atoms with Crippen LogP contribution in [0.15, 0.2) is 60.9 Å². The third-order valence-electron chi connectivity index (χ3n) is 11.9. The van der Waals surface area contributed by atoms with Crippen molar-refractivity contribution in [3.8, 4) is 0 Å². The number of hydrogen-bond acceptors (Lipinski definition) is 9. The Kier molecular flexibility index (Phi) is 12.6. The number of halogens is 1. The predicted molar refractivity (Wildman–Crippen MR) is 227 cm³/mol. The number of aromatic nitrogens is 2. The number of rotatable bonds is 6. The van der Waals surface area contributed by atoms with Gasteiger partial charge in [-0.15, -0.1) is 23.7 Å². The normalized spacial score (nSPS) is 18.7. The van der Waals surface area contributed by atoms with Crippen LogP contribution in [0.1, 0.15) is 58.4 Å². The van der Waals surface area contributed by atoms with Crippen molar-refractivity contribution in [1.82, 2.24) is 24.7 Å². The van der Waals surface area contributed by atoms with E-state index in [-0.39, 0.29) is 41.0 Å². The van der Waals surface area contributed by atoms with E-state index in [0.29, 0.717) is 31.0 Å². The van der Waals surface area contributed by atoms with Crippen LogP contribution < -0.4 is 10.6 Å². The first-order valence-corrected chi connectivity index (χ1v) is 19.9. The number of aryl methyl sites for hydroxylation is 1. The van der Waals surface area contributed by atoms with E-state index < -0.39 is 5.97 Å². The Morgan fingerprint density at radius 3 is 1.82 bits per heavy atom. The number of likely N-dealkylation sites (tertiary alicyclic amines) is 2. The quantitative estimate of drug-likeness (QED) is 0.191. The Hall–Kier alpha value is -4.95. The fourth-order valence-corrected chi connectivity index (χ4v) is 9.40. The number of nitrogens with one attached hydrogen (secondary N) is 2. The highest BCUT2D eigenvalue weighted by atomic mass is 35.5. The number of benzene rings is 1. The molecule has 8 rings (SSSR count). The van der Waals surface area contributed by atoms with Gasteiger partial charge in [-0.25, -0.2) is 14.8 Å². The summed E-state index contributed by atoms with van der Waals surface area (Å²) < 4.78 is 1.25. The van der Waals surface area contributed by atoms with Crippen LogP contribution in [0.3, 0.4) is 0 Å². The summed E-state index contributed by atoms with van der Waals surface area (Å²) >= 11 is 1.74. The molecular formula is C43H50ClN7O5S. The number of nitrogens with zero attached hydrogens (tertiary/aromatic N) is 5. The van der Waals surface area contributed by atoms with Crippen LogP contribution in [0, 0.1) is 17.8 Å². The average molecular weight is 812 g/mol. The van der Waals surface area contributed by atoms with Gasteiger partial charge in [0.1, 0.15) is 11.6 Å². The fraction of sp³-hybridized carbons (Fsp3) is 0.395. The van der Waals surface area contributed by atoms with Crippen LogP contribution in [0.5, 0.6) is 0 Å². The molecule has 3 N–H and O–H groups in total. The van der Waals surface area contributed by atoms with E-state index in [0.717, 1.165) is 80.2 Å². The number of carboxylic acid groups (broad SMARTS) is 1. The molecule has 0 atom stereocenters. The van der Waals surface area contributed by atoms with E-state index in [1.54, 1.807) is 34.7 Å². The number of carbonyl (C=O) groups is 4. The zero-order valence-electron chi connectivity index (χ0n) is 32.8. The molecular weight excluding hydrogens is 762 g/mol. The molecule has 0 saturated carbocycles. The first kappa shape index (κ1) is 41.7. The Morgan fingerprint density at radius 2 is 1.33 bits per heavy atom. The molecule has 0 radical (unpaired) electrons. The minimum absolute atomic E-state index is 0. The van der Waals surface area contributed by atoms with Gasteiger partial charge < -0.3 is 30.4 Å². The van der Waals surface area contributed by atoms with Gasteiger partial charge in [0.25, 0.3) is 0 Å². The highest BCUT2D eigenvalue weighted by molar-refractivity contribution is 7.19. The topological polar surface area (TPSA) is 148 Å². The Balaban J connectivity index is 0.000000207. The van der Waals surface area contributed by atoms with Gasteiger partial charge in [0.15, 0.2) is 0 Å². The summed E-state index contributed by atoms with van der Waals surface area (Å²) in [6, 6.07) is 12.3. The van der Waals surface area contributed by atoms with Crippen molar-refractivity contribution in [2.24, 2.45) is 10.8 Å². The van der Waals surface area contributed by atoms with Gasteiger partial charge in [-0.05, 0) is 149 Å². The zero-order valence-corrected chi connectivity index (χ0v) is 34.5. The van der Waals surface area contributed by atoms with Crippen LogP contribution in [0.2, 0.25) is 0 Å². The summed E-state index contributed by atoms with van der Waals surface area (Å²) in [5, 5.41) is 15.9. The summed E-state index contributed by atoms with van der Waals surface area (Å²) in [6.45, 7) is 6.38. The maximum atomic E-state index is 12.8. The molecule has 1 aromatic carbocycles. The minimum Gasteiger partial charge on any atom is -0.478 e. The van der Waals surface area contributed by atoms with Crippen LogP contribution in [0.4, 0.5) is 11.6 Å². The number of piperidine rings is 2. The third kappa shape index (κ3) is 9.12. The molecule has 300 valence electrons. The predicted octanol–water partition coefficient (Wildman–Crippen LogP) is 6.29. The van der Waals surface area contributed by atoms with Gasteiger partial charge in [0, 0.05) is 41.2 Å². The van der Waals surface area contributed by atoms with E-state index in [1.807, 2.05) is 25.3 Å². The van der Waals surface area contributed by atoms with Gasteiger partial charge in [0.05, 0.1) is 17.4 Å². The molecule has 0 unspecified atom stereocenters. The van der Waals surface area contributed by atoms with Gasteiger partial charge >= 0.3 is 5.97 Å². The Labute approximate surface area is 343 Å². The summed E-state index contributed by atoms with van der Waals surface area (Å²) in [7, 11) is 6.00. The van der Waals surface area contributed by atoms with Gasteiger partial charge in [-0.3, -0.25) is 14.4 Å². The number of carboxylic acids is 1. The number of thiophene rings is 1. The number of carbonyl (C=O) groups excluding carboxylic acids is 3. The maximum Gasteiger partial charge on any atom is 0.328 e. The van der Waals surface area contributed by atoms with Crippen LogP contribution in [-0.4, -0.2) is 101 Å². The molecule has 57 heavy (non-hydrogen) atoms. The largest absolute Gasteiger partial charge is 0.478 e. The molecule has 0 bridgehead atoms. The number of amides is 3. The Bertz CT molecular complexity index is 2240. The molecule has 4 aromatic rings. The molecule has 3 amide bonds. The van der Waals surface area contributed by atoms with Crippen molar-refractivity contribution >= 4 is 81.3 Å². The van der Waals surface area contributed by atoms with E-state index in [2.05, 4.69) is 75.7 Å². The smallest absolute Gasteiger partial charge is 0.328 e. The van der Waals surface area contributed by atoms with Gasteiger partial charge in [-0.1, -0.05) is 18.2 Å². The van der Waals surface area contributed by atoms with E-state index in [4.69, 9.17) is 5.11 Å². The second kappa shape index (κ2) is 17.3. The lowest BCUT2D eigenvalue weighted by atomic mass is 9.71. The van der Waals surface area contributed by atoms with Crippen molar-refractivity contribution in [3.63, 3.8) is 0 Å². The molecule has 2 fully saturated rings. The van der Waals surface area contributed by atoms with Crippen molar-refractivity contribution in [2.75, 3.05) is 58.0 Å². The summed E-state index contributed by atoms with van der Waals surface area (Å²) in [5.74, 6) is 0.372. The minimum atomic E-state index is -0.988. The number of pyridine rings is 2. The molecule has 7 heterocycles. The zero-order chi connectivity index (χ0) is 39.6. The third-order valence-corrected chi connectivity index (χ3v) is 13.1. The monoisotopic (exact) mass is 811 g/mol. The van der Waals surface area contributed by atoms with Gasteiger partial charge in [0.2, 0.25) is 17.7 Å². The number of likely N-dealkylation sites (N-methyl/N-ethyl adjacent to an activating group) is 1. The first-order valence-electron chi connectivity index (χ1n) is 19.1. The lowest BCUT2D eigenvalue weighted by molar-refractivity contribution is -0.131. The molecule has 4 aliphatic rings. The average Bonchev–Trinajstić information content (AvgIpc) is 3.50. The fourth-order valence-electron chi connectivity index (χ4n) is 8.14. The highest BCUT2D eigenvalue weighted by Gasteiger charge is 2.45. The number of anilines is 2. The van der Waals surface area contributed by atoms with E-state index >= 15 is 0 Å². The summed E-state index contributed by atoms with van der Waals surface area (Å²) in [6.07, 6.45) is 14.1. The highest BCUT2D eigenvalue weighted by Crippen LogP contribution is 2.42. The van der Waals surface area contributed by atoms with Crippen LogP contribution >= 0.6 is 23.7 Å². The molecule has 14 heteroatoms. The number of hydrogen-bond donors (Lipinski definition) is 3. The summed E-state index contributed by atoms with van der Waals surface area (Å²) in [5.41, 5.74) is 4.19. The van der Waals surface area contributed by atoms with E-state index in [1.165, 1.54) is 26.6 Å². The van der Waals surface area contributed by atoms with Crippen molar-refractivity contribution in [1.29, 1.82) is 0 Å². The van der Waals surface area contributed by atoms with Crippen molar-refractivity contribution in [3.05, 3.63) is 93.6 Å². The first-order chi connectivity index (χ1) is 26.8. The second-order valence-corrected chi connectivity index (χ2v) is 17.0. The van der Waals surface area contributed by atoms with Gasteiger partial charge in [-0.2, -0.15) is 0 Å². The summed E-state index contributed by atoms with van der Waals surface area (Å²) in [4.78, 5) is 64.9. The SMILES string of the molecule is CN1CCC2(CC1)Cc1cc(/C=C/C(=O)O)cnc1NC2=O.Cc1c(CN(C)C(=O)/C=C/c2cnc3c(c2)CC2(CCN(C)CC2)C(=O)N3)sc2ccccc12.Cl. The lowest BCUT2D eigenvalue weighted by Crippen LogP contribution is -2.49. The molecule has 0 aliphatic carbocycles. The maximum absolute atomic E-state index is 12.8. The molecule has 2 spiro atoms. The van der Waals surface area contributed by atoms with Crippen LogP contribution in [-0.2, 0) is 38.6 Å². The molecule has 3 aromatic heterocycles. The molecule has 2 saturated heterocycles.